The van der Waals surface area contributed by atoms with Gasteiger partial charge in [-0.15, -0.1) is 0 Å². The second-order valence-corrected chi connectivity index (χ2v) is 9.84. The summed E-state index contributed by atoms with van der Waals surface area (Å²) in [5.41, 5.74) is 0. The Hall–Kier alpha value is -2.63. The maximum atomic E-state index is 13.3. The summed E-state index contributed by atoms with van der Waals surface area (Å²) in [6, 6.07) is 6.81. The maximum absolute atomic E-state index is 13.3. The van der Waals surface area contributed by atoms with E-state index in [0.717, 1.165) is 37.8 Å². The summed E-state index contributed by atoms with van der Waals surface area (Å²) in [5.74, 6) is 2.52. The summed E-state index contributed by atoms with van der Waals surface area (Å²) < 4.78 is 38.6. The first-order chi connectivity index (χ1) is 15.4. The average molecular weight is 463 g/mol. The molecule has 1 aromatic carbocycles. The van der Waals surface area contributed by atoms with Gasteiger partial charge in [-0.2, -0.15) is 4.31 Å². The molecule has 2 aromatic rings. The van der Waals surface area contributed by atoms with Gasteiger partial charge in [0.2, 0.25) is 10.0 Å². The van der Waals surface area contributed by atoms with E-state index >= 15 is 0 Å². The number of likely N-dealkylation sites (N-methyl/N-ethyl adjacent to an activating group) is 1. The van der Waals surface area contributed by atoms with E-state index in [9.17, 15) is 8.42 Å². The molecule has 0 spiro atoms. The van der Waals surface area contributed by atoms with Gasteiger partial charge in [0.15, 0.2) is 0 Å². The van der Waals surface area contributed by atoms with Crippen LogP contribution in [0, 0.1) is 0 Å². The number of hydrogen-bond acceptors (Lipinski definition) is 9. The van der Waals surface area contributed by atoms with E-state index in [1.165, 1.54) is 24.6 Å². The van der Waals surface area contributed by atoms with Crippen LogP contribution in [-0.2, 0) is 10.0 Å². The smallest absolute Gasteiger partial charge is 0.247 e. The molecule has 32 heavy (non-hydrogen) atoms. The van der Waals surface area contributed by atoms with Crippen LogP contribution in [0.2, 0.25) is 0 Å². The van der Waals surface area contributed by atoms with Gasteiger partial charge in [-0.1, -0.05) is 0 Å². The Labute approximate surface area is 189 Å². The number of ether oxygens (including phenoxy) is 2. The highest BCUT2D eigenvalue weighted by molar-refractivity contribution is 7.89. The highest BCUT2D eigenvalue weighted by Gasteiger charge is 2.32. The van der Waals surface area contributed by atoms with Crippen LogP contribution in [0.1, 0.15) is 0 Å². The monoisotopic (exact) mass is 462 g/mol. The minimum Gasteiger partial charge on any atom is -0.497 e. The Morgan fingerprint density at radius 3 is 1.97 bits per heavy atom. The first-order valence-corrected chi connectivity index (χ1v) is 12.1. The lowest BCUT2D eigenvalue weighted by Gasteiger charge is -2.36. The van der Waals surface area contributed by atoms with Gasteiger partial charge < -0.3 is 24.2 Å². The van der Waals surface area contributed by atoms with Crippen molar-refractivity contribution in [1.82, 2.24) is 19.2 Å². The fourth-order valence-electron chi connectivity index (χ4n) is 4.00. The Morgan fingerprint density at radius 2 is 1.41 bits per heavy atom. The molecule has 10 nitrogen and oxygen atoms in total. The van der Waals surface area contributed by atoms with E-state index in [1.807, 2.05) is 6.07 Å². The Bertz CT molecular complexity index is 1030. The number of benzene rings is 1. The van der Waals surface area contributed by atoms with E-state index in [2.05, 4.69) is 31.7 Å². The van der Waals surface area contributed by atoms with Crippen molar-refractivity contribution in [3.63, 3.8) is 0 Å². The summed E-state index contributed by atoms with van der Waals surface area (Å²) in [4.78, 5) is 15.7. The van der Waals surface area contributed by atoms with Crippen LogP contribution in [0.15, 0.2) is 35.5 Å². The highest BCUT2D eigenvalue weighted by atomic mass is 32.2. The number of aromatic nitrogens is 2. The molecule has 2 fully saturated rings. The third kappa shape index (κ3) is 4.59. The molecule has 0 N–H and O–H groups in total. The number of methoxy groups -OCH3 is 2. The summed E-state index contributed by atoms with van der Waals surface area (Å²) >= 11 is 0. The van der Waals surface area contributed by atoms with Crippen molar-refractivity contribution < 1.29 is 17.9 Å². The fourth-order valence-corrected chi connectivity index (χ4v) is 5.59. The number of piperazine rings is 2. The van der Waals surface area contributed by atoms with Gasteiger partial charge >= 0.3 is 0 Å². The normalized spacial score (nSPS) is 18.6. The van der Waals surface area contributed by atoms with Crippen LogP contribution in [0.4, 0.5) is 11.6 Å². The number of sulfonamides is 1. The van der Waals surface area contributed by atoms with Gasteiger partial charge in [-0.25, -0.2) is 18.4 Å². The molecule has 0 radical (unpaired) electrons. The second-order valence-electron chi connectivity index (χ2n) is 7.93. The van der Waals surface area contributed by atoms with E-state index in [1.54, 1.807) is 18.5 Å². The van der Waals surface area contributed by atoms with E-state index in [4.69, 9.17) is 9.47 Å². The highest BCUT2D eigenvalue weighted by Crippen LogP contribution is 2.31. The fraction of sp³-hybridized carbons (Fsp3) is 0.524. The zero-order valence-corrected chi connectivity index (χ0v) is 19.6. The summed E-state index contributed by atoms with van der Waals surface area (Å²) in [6.45, 7) is 5.68. The lowest BCUT2D eigenvalue weighted by molar-refractivity contribution is 0.312. The molecule has 2 aliphatic heterocycles. The topological polar surface area (TPSA) is 91.3 Å². The van der Waals surface area contributed by atoms with Crippen molar-refractivity contribution >= 4 is 21.7 Å². The average Bonchev–Trinajstić information content (AvgIpc) is 2.84. The van der Waals surface area contributed by atoms with Crippen LogP contribution in [0.25, 0.3) is 0 Å². The molecule has 2 aliphatic rings. The van der Waals surface area contributed by atoms with Gasteiger partial charge in [0.1, 0.15) is 34.4 Å². The van der Waals surface area contributed by atoms with Crippen molar-refractivity contribution in [2.24, 2.45) is 0 Å². The standard InChI is InChI=1S/C21H30N6O4S/c1-24-6-8-25(9-7-24)20-15-21(23-16-22-20)26-10-12-27(13-11-26)32(28,29)19-14-17(30-2)4-5-18(19)31-3/h4-5,14-16H,6-13H2,1-3H3. The molecular weight excluding hydrogens is 432 g/mol. The molecule has 0 unspecified atom stereocenters. The molecule has 3 heterocycles. The van der Waals surface area contributed by atoms with E-state index in [0.29, 0.717) is 37.7 Å². The van der Waals surface area contributed by atoms with Crippen LogP contribution in [-0.4, -0.2) is 101 Å². The molecule has 0 aliphatic carbocycles. The van der Waals surface area contributed by atoms with Crippen molar-refractivity contribution in [2.45, 2.75) is 4.90 Å². The number of anilines is 2. The largest absolute Gasteiger partial charge is 0.497 e. The molecule has 2 saturated heterocycles. The molecule has 1 aromatic heterocycles. The molecular formula is C21H30N6O4S. The molecule has 0 bridgehead atoms. The maximum Gasteiger partial charge on any atom is 0.247 e. The SMILES string of the molecule is COc1ccc(OC)c(S(=O)(=O)N2CCN(c3cc(N4CCN(C)CC4)ncn3)CC2)c1. The first-order valence-electron chi connectivity index (χ1n) is 10.6. The summed E-state index contributed by atoms with van der Waals surface area (Å²) in [6.07, 6.45) is 1.59. The molecule has 4 rings (SSSR count). The molecule has 0 saturated carbocycles. The summed E-state index contributed by atoms with van der Waals surface area (Å²) in [7, 11) is 1.38. The van der Waals surface area contributed by atoms with Crippen molar-refractivity contribution in [2.75, 3.05) is 83.4 Å². The minimum atomic E-state index is -3.72. The Morgan fingerprint density at radius 1 is 0.812 bits per heavy atom. The first kappa shape index (κ1) is 22.6. The Balaban J connectivity index is 1.46. The third-order valence-corrected chi connectivity index (χ3v) is 7.94. The van der Waals surface area contributed by atoms with Gasteiger partial charge in [-0.05, 0) is 19.2 Å². The number of rotatable bonds is 6. The third-order valence-electron chi connectivity index (χ3n) is 6.02. The van der Waals surface area contributed by atoms with E-state index in [-0.39, 0.29) is 4.90 Å². The van der Waals surface area contributed by atoms with Crippen LogP contribution < -0.4 is 19.3 Å². The molecule has 0 amide bonds. The number of hydrogen-bond donors (Lipinski definition) is 0. The van der Waals surface area contributed by atoms with Crippen LogP contribution in [0.3, 0.4) is 0 Å². The van der Waals surface area contributed by atoms with Gasteiger partial charge in [-0.3, -0.25) is 0 Å². The second kappa shape index (κ2) is 9.47. The lowest BCUT2D eigenvalue weighted by Crippen LogP contribution is -2.49. The molecule has 0 atom stereocenters. The Kier molecular flexibility index (Phi) is 6.68. The van der Waals surface area contributed by atoms with Gasteiger partial charge in [0.05, 0.1) is 14.2 Å². The minimum absolute atomic E-state index is 0.118. The quantitative estimate of drug-likeness (QED) is 0.617. The molecule has 11 heteroatoms. The van der Waals surface area contributed by atoms with Gasteiger partial charge in [0.25, 0.3) is 0 Å². The predicted octanol–water partition coefficient (Wildman–Crippen LogP) is 0.757. The van der Waals surface area contributed by atoms with Crippen molar-refractivity contribution in [3.8, 4) is 11.5 Å². The van der Waals surface area contributed by atoms with Crippen LogP contribution >= 0.6 is 0 Å². The predicted molar refractivity (Wildman–Crippen MR) is 122 cm³/mol. The lowest BCUT2D eigenvalue weighted by atomic mass is 10.3. The number of nitrogens with zero attached hydrogens (tertiary/aromatic N) is 6. The van der Waals surface area contributed by atoms with Crippen molar-refractivity contribution in [1.29, 1.82) is 0 Å². The zero-order chi connectivity index (χ0) is 22.7. The summed E-state index contributed by atoms with van der Waals surface area (Å²) in [5, 5.41) is 0. The van der Waals surface area contributed by atoms with E-state index < -0.39 is 10.0 Å². The van der Waals surface area contributed by atoms with Crippen LogP contribution in [0.5, 0.6) is 11.5 Å². The zero-order valence-electron chi connectivity index (χ0n) is 18.8. The van der Waals surface area contributed by atoms with Gasteiger partial charge in [0, 0.05) is 64.5 Å². The molecule has 174 valence electrons. The van der Waals surface area contributed by atoms with Crippen molar-refractivity contribution in [3.05, 3.63) is 30.6 Å².